The van der Waals surface area contributed by atoms with E-state index in [1.54, 1.807) is 24.3 Å². The molecule has 0 bridgehead atoms. The monoisotopic (exact) mass is 258 g/mol. The highest BCUT2D eigenvalue weighted by Gasteiger charge is 2.07. The van der Waals surface area contributed by atoms with Gasteiger partial charge in [0.2, 0.25) is 0 Å². The molecule has 6 heteroatoms. The molecule has 3 N–H and O–H groups in total. The minimum absolute atomic E-state index is 0.00986. The van der Waals surface area contributed by atoms with Crippen LogP contribution < -0.4 is 9.44 Å². The van der Waals surface area contributed by atoms with E-state index in [0.717, 1.165) is 17.5 Å². The number of nitrogens with one attached hydrogen (secondary N) is 2. The molecule has 17 heavy (non-hydrogen) atoms. The maximum atomic E-state index is 11.4. The minimum atomic E-state index is -3.41. The van der Waals surface area contributed by atoms with Gasteiger partial charge in [0.15, 0.2) is 0 Å². The van der Waals surface area contributed by atoms with Crippen LogP contribution in [0.1, 0.15) is 24.5 Å². The summed E-state index contributed by atoms with van der Waals surface area (Å²) in [5, 5.41) is 8.86. The molecule has 0 aromatic heterocycles. The van der Waals surface area contributed by atoms with Gasteiger partial charge in [-0.1, -0.05) is 31.2 Å². The molecule has 1 aromatic rings. The molecule has 0 aliphatic carbocycles. The first kappa shape index (κ1) is 14.1. The summed E-state index contributed by atoms with van der Waals surface area (Å²) in [6.45, 7) is 2.56. The molecule has 5 nitrogen and oxygen atoms in total. The van der Waals surface area contributed by atoms with E-state index < -0.39 is 10.2 Å². The molecule has 0 aliphatic rings. The van der Waals surface area contributed by atoms with Crippen molar-refractivity contribution in [3.8, 4) is 0 Å². The van der Waals surface area contributed by atoms with Crippen LogP contribution in [0.4, 0.5) is 0 Å². The fourth-order valence-corrected chi connectivity index (χ4v) is 2.16. The number of rotatable bonds is 7. The van der Waals surface area contributed by atoms with Crippen LogP contribution in [0.25, 0.3) is 0 Å². The van der Waals surface area contributed by atoms with Crippen molar-refractivity contribution in [3.05, 3.63) is 35.4 Å². The minimum Gasteiger partial charge on any atom is -0.392 e. The molecule has 1 aromatic carbocycles. The second kappa shape index (κ2) is 6.70. The molecule has 0 heterocycles. The van der Waals surface area contributed by atoms with Crippen LogP contribution in [0.5, 0.6) is 0 Å². The van der Waals surface area contributed by atoms with Crippen molar-refractivity contribution >= 4 is 10.2 Å². The maximum Gasteiger partial charge on any atom is 0.277 e. The van der Waals surface area contributed by atoms with Gasteiger partial charge < -0.3 is 5.11 Å². The lowest BCUT2D eigenvalue weighted by molar-refractivity contribution is 0.282. The van der Waals surface area contributed by atoms with Crippen molar-refractivity contribution in [2.45, 2.75) is 26.5 Å². The second-order valence-corrected chi connectivity index (χ2v) is 5.28. The number of aliphatic hydroxyl groups excluding tert-OH is 1. The van der Waals surface area contributed by atoms with Crippen molar-refractivity contribution in [2.75, 3.05) is 6.54 Å². The van der Waals surface area contributed by atoms with E-state index in [1.165, 1.54) is 0 Å². The van der Waals surface area contributed by atoms with Gasteiger partial charge in [0.05, 0.1) is 6.61 Å². The van der Waals surface area contributed by atoms with Crippen molar-refractivity contribution in [1.82, 2.24) is 9.44 Å². The van der Waals surface area contributed by atoms with E-state index in [0.29, 0.717) is 6.54 Å². The lowest BCUT2D eigenvalue weighted by Crippen LogP contribution is -2.36. The Morgan fingerprint density at radius 2 is 1.71 bits per heavy atom. The molecule has 0 saturated heterocycles. The second-order valence-electron chi connectivity index (χ2n) is 3.69. The van der Waals surface area contributed by atoms with E-state index in [4.69, 9.17) is 5.11 Å². The number of hydrogen-bond acceptors (Lipinski definition) is 3. The Morgan fingerprint density at radius 3 is 2.24 bits per heavy atom. The van der Waals surface area contributed by atoms with Crippen molar-refractivity contribution in [2.24, 2.45) is 0 Å². The maximum absolute atomic E-state index is 11.4. The molecule has 0 fully saturated rings. The zero-order chi connectivity index (χ0) is 12.7. The van der Waals surface area contributed by atoms with Crippen LogP contribution in [0.15, 0.2) is 24.3 Å². The summed E-state index contributed by atoms with van der Waals surface area (Å²) in [4.78, 5) is 0. The largest absolute Gasteiger partial charge is 0.392 e. The summed E-state index contributed by atoms with van der Waals surface area (Å²) in [5.41, 5.74) is 1.66. The van der Waals surface area contributed by atoms with E-state index in [-0.39, 0.29) is 13.2 Å². The van der Waals surface area contributed by atoms with Crippen molar-refractivity contribution in [1.29, 1.82) is 0 Å². The number of hydrogen-bond donors (Lipinski definition) is 3. The van der Waals surface area contributed by atoms with Crippen LogP contribution in [0.2, 0.25) is 0 Å². The molecule has 0 aliphatic heterocycles. The quantitative estimate of drug-likeness (QED) is 0.667. The summed E-state index contributed by atoms with van der Waals surface area (Å²) in [6.07, 6.45) is 0.756. The van der Waals surface area contributed by atoms with Crippen molar-refractivity contribution < 1.29 is 13.5 Å². The van der Waals surface area contributed by atoms with Crippen molar-refractivity contribution in [3.63, 3.8) is 0 Å². The average Bonchev–Trinajstić information content (AvgIpc) is 2.35. The zero-order valence-electron chi connectivity index (χ0n) is 9.81. The highest BCUT2D eigenvalue weighted by atomic mass is 32.2. The van der Waals surface area contributed by atoms with Gasteiger partial charge >= 0.3 is 0 Å². The molecule has 1 rings (SSSR count). The van der Waals surface area contributed by atoms with Crippen LogP contribution in [-0.4, -0.2) is 20.1 Å². The first-order chi connectivity index (χ1) is 8.07. The Labute approximate surface area is 102 Å². The fourth-order valence-electron chi connectivity index (χ4n) is 1.23. The standard InChI is InChI=1S/C11H18N2O3S/c1-2-7-12-17(15,16)13-8-10-3-5-11(9-14)6-4-10/h3-6,12-14H,2,7-9H2,1H3. The van der Waals surface area contributed by atoms with E-state index in [9.17, 15) is 8.42 Å². The molecular formula is C11H18N2O3S. The summed E-state index contributed by atoms with van der Waals surface area (Å²) in [5.74, 6) is 0. The Kier molecular flexibility index (Phi) is 5.57. The third-order valence-corrected chi connectivity index (χ3v) is 3.32. The summed E-state index contributed by atoms with van der Waals surface area (Å²) in [7, 11) is -3.41. The smallest absolute Gasteiger partial charge is 0.277 e. The normalized spacial score (nSPS) is 11.6. The Bertz CT molecular complexity index is 429. The predicted molar refractivity (Wildman–Crippen MR) is 66.4 cm³/mol. The Morgan fingerprint density at radius 1 is 1.12 bits per heavy atom. The third-order valence-electron chi connectivity index (χ3n) is 2.21. The Balaban J connectivity index is 2.49. The Hall–Kier alpha value is -0.950. The molecular weight excluding hydrogens is 240 g/mol. The van der Waals surface area contributed by atoms with Gasteiger partial charge in [0.1, 0.15) is 0 Å². The van der Waals surface area contributed by atoms with Gasteiger partial charge in [-0.05, 0) is 17.5 Å². The molecule has 0 radical (unpaired) electrons. The van der Waals surface area contributed by atoms with Crippen LogP contribution in [0, 0.1) is 0 Å². The molecule has 96 valence electrons. The molecule has 0 saturated carbocycles. The van der Waals surface area contributed by atoms with Gasteiger partial charge in [0, 0.05) is 13.1 Å². The fraction of sp³-hybridized carbons (Fsp3) is 0.455. The predicted octanol–water partition coefficient (Wildman–Crippen LogP) is 0.513. The van der Waals surface area contributed by atoms with Crippen LogP contribution in [0.3, 0.4) is 0 Å². The first-order valence-corrected chi connectivity index (χ1v) is 6.98. The molecule has 0 unspecified atom stereocenters. The number of aliphatic hydroxyl groups is 1. The average molecular weight is 258 g/mol. The first-order valence-electron chi connectivity index (χ1n) is 5.50. The molecule has 0 amide bonds. The zero-order valence-corrected chi connectivity index (χ0v) is 10.6. The molecule has 0 spiro atoms. The topological polar surface area (TPSA) is 78.4 Å². The summed E-state index contributed by atoms with van der Waals surface area (Å²) in [6, 6.07) is 7.11. The van der Waals surface area contributed by atoms with Gasteiger partial charge in [-0.2, -0.15) is 13.1 Å². The van der Waals surface area contributed by atoms with Gasteiger partial charge in [-0.15, -0.1) is 0 Å². The summed E-state index contributed by atoms with van der Waals surface area (Å²) < 4.78 is 27.7. The molecule has 0 atom stereocenters. The van der Waals surface area contributed by atoms with Gasteiger partial charge in [-0.25, -0.2) is 4.72 Å². The van der Waals surface area contributed by atoms with Gasteiger partial charge in [-0.3, -0.25) is 0 Å². The highest BCUT2D eigenvalue weighted by molar-refractivity contribution is 7.87. The van der Waals surface area contributed by atoms with E-state index >= 15 is 0 Å². The van der Waals surface area contributed by atoms with E-state index in [1.807, 2.05) is 6.92 Å². The highest BCUT2D eigenvalue weighted by Crippen LogP contribution is 2.04. The SMILES string of the molecule is CCCNS(=O)(=O)NCc1ccc(CO)cc1. The van der Waals surface area contributed by atoms with Crippen LogP contribution >= 0.6 is 0 Å². The summed E-state index contributed by atoms with van der Waals surface area (Å²) >= 11 is 0. The lowest BCUT2D eigenvalue weighted by Gasteiger charge is -2.07. The van der Waals surface area contributed by atoms with Crippen LogP contribution in [-0.2, 0) is 23.4 Å². The third kappa shape index (κ3) is 5.27. The van der Waals surface area contributed by atoms with Gasteiger partial charge in [0.25, 0.3) is 10.2 Å². The number of benzene rings is 1. The lowest BCUT2D eigenvalue weighted by atomic mass is 10.1. The van der Waals surface area contributed by atoms with E-state index in [2.05, 4.69) is 9.44 Å².